The minimum absolute atomic E-state index is 0.0599. The van der Waals surface area contributed by atoms with Gasteiger partial charge >= 0.3 is 5.97 Å². The van der Waals surface area contributed by atoms with Gasteiger partial charge in [0.1, 0.15) is 12.7 Å². The lowest BCUT2D eigenvalue weighted by Crippen LogP contribution is -2.25. The van der Waals surface area contributed by atoms with E-state index in [0.717, 1.165) is 0 Å². The Morgan fingerprint density at radius 2 is 1.86 bits per heavy atom. The van der Waals surface area contributed by atoms with Crippen molar-refractivity contribution in [1.29, 1.82) is 5.26 Å². The molecule has 0 unspecified atom stereocenters. The number of anilines is 2. The quantitative estimate of drug-likeness (QED) is 0.726. The predicted molar refractivity (Wildman–Crippen MR) is 107 cm³/mol. The number of amides is 1. The SMILES string of the molecule is N#Cc1ccccc1NC(=O)CCOC(=O)c1ccc(N2CCCS2(=O)=O)cc1. The van der Waals surface area contributed by atoms with E-state index in [9.17, 15) is 18.0 Å². The Hall–Kier alpha value is -3.38. The lowest BCUT2D eigenvalue weighted by molar-refractivity contribution is -0.116. The van der Waals surface area contributed by atoms with E-state index >= 15 is 0 Å². The molecular weight excluding hydrogens is 394 g/mol. The molecule has 2 aromatic rings. The van der Waals surface area contributed by atoms with Crippen LogP contribution in [0.25, 0.3) is 0 Å². The third kappa shape index (κ3) is 4.92. The molecule has 0 radical (unpaired) electrons. The van der Waals surface area contributed by atoms with Gasteiger partial charge in [0.05, 0.1) is 34.7 Å². The lowest BCUT2D eigenvalue weighted by atomic mass is 10.2. The number of esters is 1. The molecule has 1 N–H and O–H groups in total. The number of benzene rings is 2. The van der Waals surface area contributed by atoms with Crippen LogP contribution in [0.2, 0.25) is 0 Å². The second-order valence-electron chi connectivity index (χ2n) is 6.38. The van der Waals surface area contributed by atoms with Crippen LogP contribution >= 0.6 is 0 Å². The van der Waals surface area contributed by atoms with Gasteiger partial charge in [0.15, 0.2) is 0 Å². The zero-order chi connectivity index (χ0) is 20.9. The third-order valence-electron chi connectivity index (χ3n) is 4.37. The van der Waals surface area contributed by atoms with Crippen molar-refractivity contribution < 1.29 is 22.7 Å². The molecule has 0 aliphatic carbocycles. The number of hydrogen-bond acceptors (Lipinski definition) is 6. The molecular formula is C20H19N3O5S. The summed E-state index contributed by atoms with van der Waals surface area (Å²) in [7, 11) is -3.28. The van der Waals surface area contributed by atoms with Gasteiger partial charge in [0, 0.05) is 6.54 Å². The molecule has 0 atom stereocenters. The highest BCUT2D eigenvalue weighted by Crippen LogP contribution is 2.24. The fourth-order valence-electron chi connectivity index (χ4n) is 2.92. The first-order valence-electron chi connectivity index (χ1n) is 8.97. The van der Waals surface area contributed by atoms with Crippen LogP contribution in [0.5, 0.6) is 0 Å². The van der Waals surface area contributed by atoms with Crippen LogP contribution in [0.3, 0.4) is 0 Å². The highest BCUT2D eigenvalue weighted by atomic mass is 32.2. The predicted octanol–water partition coefficient (Wildman–Crippen LogP) is 2.28. The van der Waals surface area contributed by atoms with Gasteiger partial charge in [-0.05, 0) is 42.8 Å². The van der Waals surface area contributed by atoms with Crippen molar-refractivity contribution in [2.24, 2.45) is 0 Å². The van der Waals surface area contributed by atoms with Crippen molar-refractivity contribution in [3.8, 4) is 6.07 Å². The standard InChI is InChI=1S/C20H19N3O5S/c21-14-16-4-1-2-5-18(16)22-19(24)10-12-28-20(25)15-6-8-17(9-7-15)23-11-3-13-29(23,26)27/h1-2,4-9H,3,10-13H2,(H,22,24). The van der Waals surface area contributed by atoms with Crippen molar-refractivity contribution in [2.75, 3.05) is 28.5 Å². The number of carbonyl (C=O) groups excluding carboxylic acids is 2. The summed E-state index contributed by atoms with van der Waals surface area (Å²) >= 11 is 0. The number of para-hydroxylation sites is 1. The summed E-state index contributed by atoms with van der Waals surface area (Å²) in [6.07, 6.45) is 0.517. The Morgan fingerprint density at radius 1 is 1.14 bits per heavy atom. The van der Waals surface area contributed by atoms with Crippen molar-refractivity contribution >= 4 is 33.3 Å². The fourth-order valence-corrected chi connectivity index (χ4v) is 4.48. The molecule has 8 nitrogen and oxygen atoms in total. The average molecular weight is 413 g/mol. The Kier molecular flexibility index (Phi) is 6.14. The second kappa shape index (κ2) is 8.75. The van der Waals surface area contributed by atoms with Gasteiger partial charge in [0.2, 0.25) is 15.9 Å². The number of rotatable bonds is 6. The second-order valence-corrected chi connectivity index (χ2v) is 8.39. The minimum atomic E-state index is -3.28. The Bertz CT molecular complexity index is 1060. The first kappa shape index (κ1) is 20.4. The molecule has 1 amide bonds. The summed E-state index contributed by atoms with van der Waals surface area (Å²) in [6.45, 7) is 0.303. The van der Waals surface area contributed by atoms with E-state index in [4.69, 9.17) is 10.00 Å². The molecule has 3 rings (SSSR count). The summed E-state index contributed by atoms with van der Waals surface area (Å²) in [5.74, 6) is -0.862. The molecule has 29 heavy (non-hydrogen) atoms. The van der Waals surface area contributed by atoms with Gasteiger partial charge < -0.3 is 10.1 Å². The number of ether oxygens (including phenoxy) is 1. The van der Waals surface area contributed by atoms with Gasteiger partial charge in [-0.15, -0.1) is 0 Å². The molecule has 150 valence electrons. The average Bonchev–Trinajstić information content (AvgIpc) is 3.07. The van der Waals surface area contributed by atoms with Gasteiger partial charge in [-0.2, -0.15) is 5.26 Å². The van der Waals surface area contributed by atoms with Crippen LogP contribution in [-0.4, -0.2) is 39.2 Å². The van der Waals surface area contributed by atoms with Gasteiger partial charge in [-0.3, -0.25) is 9.10 Å². The molecule has 9 heteroatoms. The minimum Gasteiger partial charge on any atom is -0.462 e. The van der Waals surface area contributed by atoms with Gasteiger partial charge in [0.25, 0.3) is 0 Å². The number of nitrogens with one attached hydrogen (secondary N) is 1. The maximum absolute atomic E-state index is 12.1. The van der Waals surface area contributed by atoms with Gasteiger partial charge in [-0.25, -0.2) is 13.2 Å². The summed E-state index contributed by atoms with van der Waals surface area (Å²) in [5, 5.41) is 11.6. The molecule has 0 spiro atoms. The summed E-state index contributed by atoms with van der Waals surface area (Å²) in [6, 6.07) is 14.7. The highest BCUT2D eigenvalue weighted by Gasteiger charge is 2.28. The number of nitriles is 1. The summed E-state index contributed by atoms with van der Waals surface area (Å²) < 4.78 is 30.3. The van der Waals surface area contributed by atoms with Crippen LogP contribution in [0, 0.1) is 11.3 Å². The van der Waals surface area contributed by atoms with E-state index in [1.54, 1.807) is 36.4 Å². The van der Waals surface area contributed by atoms with E-state index in [2.05, 4.69) is 5.32 Å². The fraction of sp³-hybridized carbons (Fsp3) is 0.250. The first-order valence-corrected chi connectivity index (χ1v) is 10.6. The Morgan fingerprint density at radius 3 is 2.52 bits per heavy atom. The maximum Gasteiger partial charge on any atom is 0.338 e. The van der Waals surface area contributed by atoms with Crippen molar-refractivity contribution in [3.05, 3.63) is 59.7 Å². The summed E-state index contributed by atoms with van der Waals surface area (Å²) in [4.78, 5) is 24.1. The number of sulfonamides is 1. The number of hydrogen-bond donors (Lipinski definition) is 1. The lowest BCUT2D eigenvalue weighted by Gasteiger charge is -2.16. The van der Waals surface area contributed by atoms with E-state index in [1.165, 1.54) is 16.4 Å². The summed E-state index contributed by atoms with van der Waals surface area (Å²) in [5.41, 5.74) is 1.52. The largest absolute Gasteiger partial charge is 0.462 e. The van der Waals surface area contributed by atoms with Crippen LogP contribution in [0.1, 0.15) is 28.8 Å². The molecule has 0 bridgehead atoms. The molecule has 0 saturated carbocycles. The highest BCUT2D eigenvalue weighted by molar-refractivity contribution is 7.93. The number of nitrogens with zero attached hydrogens (tertiary/aromatic N) is 2. The van der Waals surface area contributed by atoms with Crippen molar-refractivity contribution in [2.45, 2.75) is 12.8 Å². The molecule has 1 aliphatic heterocycles. The van der Waals surface area contributed by atoms with Crippen LogP contribution in [0.15, 0.2) is 48.5 Å². The molecule has 1 aliphatic rings. The van der Waals surface area contributed by atoms with Crippen molar-refractivity contribution in [3.63, 3.8) is 0 Å². The van der Waals surface area contributed by atoms with Crippen LogP contribution < -0.4 is 9.62 Å². The molecule has 1 saturated heterocycles. The zero-order valence-corrected chi connectivity index (χ0v) is 16.3. The third-order valence-corrected chi connectivity index (χ3v) is 6.24. The molecule has 0 aromatic heterocycles. The molecule has 1 fully saturated rings. The van der Waals surface area contributed by atoms with Crippen LogP contribution in [0.4, 0.5) is 11.4 Å². The van der Waals surface area contributed by atoms with Gasteiger partial charge in [-0.1, -0.05) is 12.1 Å². The zero-order valence-electron chi connectivity index (χ0n) is 15.5. The molecule has 1 heterocycles. The van der Waals surface area contributed by atoms with E-state index in [1.807, 2.05) is 6.07 Å². The number of carbonyl (C=O) groups is 2. The van der Waals surface area contributed by atoms with E-state index in [0.29, 0.717) is 29.9 Å². The monoisotopic (exact) mass is 413 g/mol. The van der Waals surface area contributed by atoms with E-state index in [-0.39, 0.29) is 30.3 Å². The topological polar surface area (TPSA) is 117 Å². The first-order chi connectivity index (χ1) is 13.9. The van der Waals surface area contributed by atoms with E-state index < -0.39 is 16.0 Å². The maximum atomic E-state index is 12.1. The van der Waals surface area contributed by atoms with Crippen LogP contribution in [-0.2, 0) is 19.6 Å². The normalized spacial score (nSPS) is 14.8. The molecule has 2 aromatic carbocycles. The Labute approximate surface area is 168 Å². The Balaban J connectivity index is 1.51. The smallest absolute Gasteiger partial charge is 0.338 e. The van der Waals surface area contributed by atoms with Crippen molar-refractivity contribution in [1.82, 2.24) is 0 Å².